The minimum Gasteiger partial charge on any atom is -0.377 e. The van der Waals surface area contributed by atoms with E-state index < -0.39 is 0 Å². The Morgan fingerprint density at radius 1 is 1.47 bits per heavy atom. The molecule has 2 aromatic heterocycles. The van der Waals surface area contributed by atoms with Crippen LogP contribution in [0, 0.1) is 6.92 Å². The summed E-state index contributed by atoms with van der Waals surface area (Å²) in [6.07, 6.45) is 2.08. The first-order chi connectivity index (χ1) is 7.66. The molecule has 0 fully saturated rings. The molecular formula is C12H18ClN3S. The van der Waals surface area contributed by atoms with E-state index in [-0.39, 0.29) is 12.4 Å². The smallest absolute Gasteiger partial charge is 0.0825 e. The van der Waals surface area contributed by atoms with Crippen molar-refractivity contribution in [3.8, 4) is 0 Å². The molecule has 0 saturated heterocycles. The van der Waals surface area contributed by atoms with E-state index >= 15 is 0 Å². The molecule has 0 atom stereocenters. The highest BCUT2D eigenvalue weighted by atomic mass is 35.5. The van der Waals surface area contributed by atoms with Gasteiger partial charge in [-0.2, -0.15) is 5.10 Å². The van der Waals surface area contributed by atoms with E-state index in [0.29, 0.717) is 6.04 Å². The van der Waals surface area contributed by atoms with Crippen LogP contribution < -0.4 is 5.32 Å². The third-order valence-electron chi connectivity index (χ3n) is 2.48. The van der Waals surface area contributed by atoms with Crippen molar-refractivity contribution in [2.45, 2.75) is 33.4 Å². The molecule has 17 heavy (non-hydrogen) atoms. The summed E-state index contributed by atoms with van der Waals surface area (Å²) in [6, 6.07) is 4.63. The maximum Gasteiger partial charge on any atom is 0.0825 e. The van der Waals surface area contributed by atoms with Gasteiger partial charge in [0.05, 0.1) is 11.4 Å². The predicted molar refractivity (Wildman–Crippen MR) is 76.2 cm³/mol. The molecule has 94 valence electrons. The van der Waals surface area contributed by atoms with Crippen LogP contribution in [-0.2, 0) is 6.54 Å². The molecule has 0 spiro atoms. The first kappa shape index (κ1) is 14.1. The number of nitrogens with one attached hydrogen (secondary N) is 1. The highest BCUT2D eigenvalue weighted by Gasteiger charge is 2.06. The summed E-state index contributed by atoms with van der Waals surface area (Å²) in [7, 11) is 0. The molecule has 2 aromatic rings. The van der Waals surface area contributed by atoms with Gasteiger partial charge in [-0.05, 0) is 32.2 Å². The van der Waals surface area contributed by atoms with E-state index in [1.165, 1.54) is 4.88 Å². The Kier molecular flexibility index (Phi) is 5.02. The molecule has 0 radical (unpaired) electrons. The van der Waals surface area contributed by atoms with Gasteiger partial charge < -0.3 is 5.32 Å². The molecule has 0 aliphatic carbocycles. The summed E-state index contributed by atoms with van der Waals surface area (Å²) >= 11 is 1.77. The van der Waals surface area contributed by atoms with Crippen molar-refractivity contribution < 1.29 is 0 Å². The third kappa shape index (κ3) is 3.48. The second kappa shape index (κ2) is 6.07. The zero-order valence-electron chi connectivity index (χ0n) is 10.3. The number of thiophene rings is 1. The average Bonchev–Trinajstić information content (AvgIpc) is 2.84. The van der Waals surface area contributed by atoms with Crippen molar-refractivity contribution in [2.75, 3.05) is 5.32 Å². The summed E-state index contributed by atoms with van der Waals surface area (Å²) in [5.74, 6) is 0. The molecule has 0 bridgehead atoms. The fourth-order valence-corrected chi connectivity index (χ4v) is 2.16. The minimum absolute atomic E-state index is 0. The molecule has 0 aliphatic heterocycles. The van der Waals surface area contributed by atoms with Crippen LogP contribution in [0.1, 0.15) is 30.5 Å². The van der Waals surface area contributed by atoms with Gasteiger partial charge in [0.15, 0.2) is 0 Å². The van der Waals surface area contributed by atoms with E-state index in [1.54, 1.807) is 11.3 Å². The van der Waals surface area contributed by atoms with Crippen molar-refractivity contribution in [1.29, 1.82) is 0 Å². The lowest BCUT2D eigenvalue weighted by Crippen LogP contribution is -2.00. The largest absolute Gasteiger partial charge is 0.377 e. The summed E-state index contributed by atoms with van der Waals surface area (Å²) in [4.78, 5) is 1.34. The monoisotopic (exact) mass is 271 g/mol. The van der Waals surface area contributed by atoms with Gasteiger partial charge in [-0.25, -0.2) is 0 Å². The number of aryl methyl sites for hydroxylation is 1. The van der Waals surface area contributed by atoms with Crippen LogP contribution in [0.4, 0.5) is 5.69 Å². The molecule has 5 heteroatoms. The quantitative estimate of drug-likeness (QED) is 0.915. The van der Waals surface area contributed by atoms with E-state index in [2.05, 4.69) is 48.0 Å². The van der Waals surface area contributed by atoms with Crippen molar-refractivity contribution >= 4 is 29.4 Å². The lowest BCUT2D eigenvalue weighted by atomic mass is 10.3. The molecule has 2 rings (SSSR count). The Morgan fingerprint density at radius 2 is 2.24 bits per heavy atom. The van der Waals surface area contributed by atoms with Crippen LogP contribution in [0.2, 0.25) is 0 Å². The Hall–Kier alpha value is -1.000. The standard InChI is InChI=1S/C12H17N3S.ClH/c1-9(2)15-8-12(10(3)14-15)13-7-11-5-4-6-16-11;/h4-6,8-9,13H,7H2,1-3H3;1H. The van der Waals surface area contributed by atoms with Crippen molar-refractivity contribution in [1.82, 2.24) is 9.78 Å². The average molecular weight is 272 g/mol. The zero-order chi connectivity index (χ0) is 11.5. The van der Waals surface area contributed by atoms with Gasteiger partial charge in [0.2, 0.25) is 0 Å². The second-order valence-electron chi connectivity index (χ2n) is 4.13. The van der Waals surface area contributed by atoms with Gasteiger partial charge in [0, 0.05) is 23.7 Å². The topological polar surface area (TPSA) is 29.9 Å². The van der Waals surface area contributed by atoms with Gasteiger partial charge in [-0.15, -0.1) is 23.7 Å². The first-order valence-electron chi connectivity index (χ1n) is 5.49. The number of rotatable bonds is 4. The lowest BCUT2D eigenvalue weighted by Gasteiger charge is -2.03. The number of halogens is 1. The SMILES string of the molecule is Cc1nn(C(C)C)cc1NCc1cccs1.Cl. The molecule has 0 aliphatic rings. The van der Waals surface area contributed by atoms with Gasteiger partial charge >= 0.3 is 0 Å². The molecule has 2 heterocycles. The number of aromatic nitrogens is 2. The van der Waals surface area contributed by atoms with Crippen LogP contribution in [0.5, 0.6) is 0 Å². The van der Waals surface area contributed by atoms with E-state index in [0.717, 1.165) is 17.9 Å². The fraction of sp³-hybridized carbons (Fsp3) is 0.417. The summed E-state index contributed by atoms with van der Waals surface area (Å²) in [5, 5.41) is 9.98. The highest BCUT2D eigenvalue weighted by Crippen LogP contribution is 2.18. The molecule has 1 N–H and O–H groups in total. The second-order valence-corrected chi connectivity index (χ2v) is 5.17. The Balaban J connectivity index is 0.00000144. The number of hydrogen-bond donors (Lipinski definition) is 1. The summed E-state index contributed by atoms with van der Waals surface area (Å²) < 4.78 is 1.99. The van der Waals surface area contributed by atoms with Gasteiger partial charge in [0.25, 0.3) is 0 Å². The van der Waals surface area contributed by atoms with Crippen LogP contribution in [0.3, 0.4) is 0 Å². The van der Waals surface area contributed by atoms with Gasteiger partial charge in [-0.3, -0.25) is 4.68 Å². The van der Waals surface area contributed by atoms with Crippen LogP contribution >= 0.6 is 23.7 Å². The molecule has 0 saturated carbocycles. The maximum atomic E-state index is 4.47. The van der Waals surface area contributed by atoms with Crippen LogP contribution in [-0.4, -0.2) is 9.78 Å². The number of nitrogens with zero attached hydrogens (tertiary/aromatic N) is 2. The molecular weight excluding hydrogens is 254 g/mol. The van der Waals surface area contributed by atoms with E-state index in [1.807, 2.05) is 11.6 Å². The predicted octanol–water partition coefficient (Wildman–Crippen LogP) is 3.87. The molecule has 3 nitrogen and oxygen atoms in total. The summed E-state index contributed by atoms with van der Waals surface area (Å²) in [5.41, 5.74) is 2.19. The lowest BCUT2D eigenvalue weighted by molar-refractivity contribution is 0.529. The van der Waals surface area contributed by atoms with Gasteiger partial charge in [-0.1, -0.05) is 6.07 Å². The number of hydrogen-bond acceptors (Lipinski definition) is 3. The molecule has 0 unspecified atom stereocenters. The fourth-order valence-electron chi connectivity index (χ4n) is 1.52. The van der Waals surface area contributed by atoms with Crippen LogP contribution in [0.15, 0.2) is 23.7 Å². The summed E-state index contributed by atoms with van der Waals surface area (Å²) in [6.45, 7) is 7.18. The zero-order valence-corrected chi connectivity index (χ0v) is 11.9. The Bertz CT molecular complexity index is 448. The van der Waals surface area contributed by atoms with Gasteiger partial charge in [0.1, 0.15) is 0 Å². The van der Waals surface area contributed by atoms with Crippen molar-refractivity contribution in [3.63, 3.8) is 0 Å². The Morgan fingerprint density at radius 3 is 2.76 bits per heavy atom. The van der Waals surface area contributed by atoms with E-state index in [4.69, 9.17) is 0 Å². The maximum absolute atomic E-state index is 4.47. The highest BCUT2D eigenvalue weighted by molar-refractivity contribution is 7.09. The first-order valence-corrected chi connectivity index (χ1v) is 6.37. The molecule has 0 amide bonds. The Labute approximate surface area is 112 Å². The van der Waals surface area contributed by atoms with E-state index in [9.17, 15) is 0 Å². The third-order valence-corrected chi connectivity index (χ3v) is 3.36. The van der Waals surface area contributed by atoms with Crippen molar-refractivity contribution in [3.05, 3.63) is 34.3 Å². The minimum atomic E-state index is 0. The number of anilines is 1. The van der Waals surface area contributed by atoms with Crippen LogP contribution in [0.25, 0.3) is 0 Å². The normalized spacial score (nSPS) is 10.4. The molecule has 0 aromatic carbocycles. The van der Waals surface area contributed by atoms with Crippen molar-refractivity contribution in [2.24, 2.45) is 0 Å².